The number of aliphatic hydroxyl groups excluding tert-OH is 1. The second kappa shape index (κ2) is 7.07. The van der Waals surface area contributed by atoms with Crippen LogP contribution in [0.15, 0.2) is 35.5 Å². The van der Waals surface area contributed by atoms with Crippen LogP contribution in [-0.2, 0) is 0 Å². The van der Waals surface area contributed by atoms with Crippen molar-refractivity contribution in [1.82, 2.24) is 10.6 Å². The van der Waals surface area contributed by atoms with Gasteiger partial charge in [0.1, 0.15) is 0 Å². The van der Waals surface area contributed by atoms with Crippen molar-refractivity contribution in [2.24, 2.45) is 10.9 Å². The van der Waals surface area contributed by atoms with Crippen LogP contribution in [0.5, 0.6) is 0 Å². The summed E-state index contributed by atoms with van der Waals surface area (Å²) < 4.78 is 0. The second-order valence-electron chi connectivity index (χ2n) is 6.29. The smallest absolute Gasteiger partial charge is 0.0883 e. The van der Waals surface area contributed by atoms with Crippen LogP contribution in [0.2, 0.25) is 0 Å². The molecule has 22 heavy (non-hydrogen) atoms. The Morgan fingerprint density at radius 3 is 2.86 bits per heavy atom. The van der Waals surface area contributed by atoms with E-state index in [0.717, 1.165) is 37.9 Å². The highest BCUT2D eigenvalue weighted by Crippen LogP contribution is 2.30. The summed E-state index contributed by atoms with van der Waals surface area (Å²) in [7, 11) is 0. The molecule has 3 N–H and O–H groups in total. The van der Waals surface area contributed by atoms with E-state index in [2.05, 4.69) is 46.8 Å². The number of aliphatic hydroxyl groups is 1. The lowest BCUT2D eigenvalue weighted by molar-refractivity contribution is 0.0730. The third-order valence-corrected chi connectivity index (χ3v) is 4.78. The summed E-state index contributed by atoms with van der Waals surface area (Å²) in [6.07, 6.45) is 6.20. The molecule has 0 radical (unpaired) electrons. The zero-order valence-electron chi connectivity index (χ0n) is 13.1. The van der Waals surface area contributed by atoms with Gasteiger partial charge in [-0.1, -0.05) is 24.3 Å². The number of rotatable bonds is 3. The Hall–Kier alpha value is -1.65. The number of piperidine rings is 1. The van der Waals surface area contributed by atoms with E-state index in [9.17, 15) is 5.11 Å². The number of fused-ring (bicyclic) bond motifs is 1. The number of hydrogen-bond donors (Lipinski definition) is 3. The largest absolute Gasteiger partial charge is 0.393 e. The van der Waals surface area contributed by atoms with Crippen LogP contribution in [0.25, 0.3) is 5.57 Å². The number of nitrogens with zero attached hydrogens (tertiary/aromatic N) is 1. The lowest BCUT2D eigenvalue weighted by Crippen LogP contribution is -2.36. The molecule has 4 heteroatoms. The summed E-state index contributed by atoms with van der Waals surface area (Å²) in [5.41, 5.74) is 3.62. The molecule has 4 nitrogen and oxygen atoms in total. The highest BCUT2D eigenvalue weighted by atomic mass is 16.3. The van der Waals surface area contributed by atoms with Crippen molar-refractivity contribution in [3.8, 4) is 0 Å². The maximum Gasteiger partial charge on any atom is 0.0883 e. The van der Waals surface area contributed by atoms with Gasteiger partial charge in [-0.05, 0) is 61.9 Å². The molecule has 2 atom stereocenters. The quantitative estimate of drug-likeness (QED) is 0.803. The molecule has 0 aromatic heterocycles. The summed E-state index contributed by atoms with van der Waals surface area (Å²) in [5, 5.41) is 17.4. The topological polar surface area (TPSA) is 56.7 Å². The first-order chi connectivity index (χ1) is 10.8. The molecule has 1 aromatic carbocycles. The Balaban J connectivity index is 1.80. The Bertz CT molecular complexity index is 561. The highest BCUT2D eigenvalue weighted by Gasteiger charge is 2.26. The Labute approximate surface area is 132 Å². The normalized spacial score (nSPS) is 27.5. The first kappa shape index (κ1) is 15.3. The summed E-state index contributed by atoms with van der Waals surface area (Å²) >= 11 is 0. The van der Waals surface area contributed by atoms with Gasteiger partial charge >= 0.3 is 0 Å². The summed E-state index contributed by atoms with van der Waals surface area (Å²) in [6.45, 7) is 4.11. The molecule has 0 amide bonds. The average Bonchev–Trinajstić information content (AvgIpc) is 2.56. The Morgan fingerprint density at radius 2 is 2.05 bits per heavy atom. The van der Waals surface area contributed by atoms with E-state index in [0.29, 0.717) is 5.92 Å². The minimum absolute atomic E-state index is 0.105. The lowest BCUT2D eigenvalue weighted by Gasteiger charge is -2.31. The molecule has 0 spiro atoms. The molecule has 2 aliphatic rings. The van der Waals surface area contributed by atoms with Gasteiger partial charge in [-0.15, -0.1) is 0 Å². The number of allylic oxidation sites excluding steroid dienone is 1. The van der Waals surface area contributed by atoms with Crippen LogP contribution in [0, 0.1) is 5.92 Å². The molecule has 1 fully saturated rings. The molecule has 2 unspecified atom stereocenters. The number of aliphatic imine (C=N–C) groups is 1. The predicted octanol–water partition coefficient (Wildman–Crippen LogP) is 2.47. The van der Waals surface area contributed by atoms with Crippen LogP contribution in [0.3, 0.4) is 0 Å². The van der Waals surface area contributed by atoms with Gasteiger partial charge in [0.05, 0.1) is 18.5 Å². The SMILES string of the molecule is C/C1=C\N=C/NC(CC(O)C2CCNCC2)c2ccccc21. The molecule has 1 aromatic rings. The summed E-state index contributed by atoms with van der Waals surface area (Å²) in [6, 6.07) is 8.51. The van der Waals surface area contributed by atoms with Gasteiger partial charge in [0.2, 0.25) is 0 Å². The molecule has 0 saturated carbocycles. The van der Waals surface area contributed by atoms with Crippen molar-refractivity contribution in [2.75, 3.05) is 13.1 Å². The third kappa shape index (κ3) is 3.39. The van der Waals surface area contributed by atoms with E-state index in [4.69, 9.17) is 0 Å². The van der Waals surface area contributed by atoms with E-state index in [1.54, 1.807) is 6.34 Å². The Morgan fingerprint density at radius 1 is 1.27 bits per heavy atom. The molecular weight excluding hydrogens is 274 g/mol. The van der Waals surface area contributed by atoms with E-state index < -0.39 is 0 Å². The fourth-order valence-electron chi connectivity index (χ4n) is 3.46. The molecule has 0 bridgehead atoms. The van der Waals surface area contributed by atoms with Gasteiger partial charge in [-0.3, -0.25) is 0 Å². The van der Waals surface area contributed by atoms with E-state index in [-0.39, 0.29) is 12.1 Å². The van der Waals surface area contributed by atoms with Gasteiger partial charge in [0, 0.05) is 6.20 Å². The zero-order valence-corrected chi connectivity index (χ0v) is 13.1. The van der Waals surface area contributed by atoms with E-state index in [1.165, 1.54) is 11.1 Å². The fraction of sp³-hybridized carbons (Fsp3) is 0.500. The summed E-state index contributed by atoms with van der Waals surface area (Å²) in [4.78, 5) is 4.29. The molecule has 3 rings (SSSR count). The fourth-order valence-corrected chi connectivity index (χ4v) is 3.46. The van der Waals surface area contributed by atoms with E-state index in [1.807, 2.05) is 6.20 Å². The zero-order chi connectivity index (χ0) is 15.4. The average molecular weight is 299 g/mol. The van der Waals surface area contributed by atoms with E-state index >= 15 is 0 Å². The van der Waals surface area contributed by atoms with Crippen LogP contribution >= 0.6 is 0 Å². The van der Waals surface area contributed by atoms with Crippen molar-refractivity contribution in [2.45, 2.75) is 38.3 Å². The lowest BCUT2D eigenvalue weighted by atomic mass is 9.85. The van der Waals surface area contributed by atoms with Crippen LogP contribution in [0.4, 0.5) is 0 Å². The molecule has 0 aliphatic carbocycles. The monoisotopic (exact) mass is 299 g/mol. The first-order valence-electron chi connectivity index (χ1n) is 8.18. The molecule has 1 saturated heterocycles. The molecule has 2 heterocycles. The van der Waals surface area contributed by atoms with Crippen LogP contribution < -0.4 is 10.6 Å². The second-order valence-corrected chi connectivity index (χ2v) is 6.29. The molecule has 2 aliphatic heterocycles. The summed E-state index contributed by atoms with van der Waals surface area (Å²) in [5.74, 6) is 0.397. The van der Waals surface area contributed by atoms with Gasteiger partial charge in [-0.25, -0.2) is 4.99 Å². The van der Waals surface area contributed by atoms with Crippen molar-refractivity contribution < 1.29 is 5.11 Å². The number of hydrogen-bond acceptors (Lipinski definition) is 4. The third-order valence-electron chi connectivity index (χ3n) is 4.78. The minimum atomic E-state index is -0.273. The predicted molar refractivity (Wildman–Crippen MR) is 90.7 cm³/mol. The standard InChI is InChI=1S/C18H25N3O/c1-13-11-20-12-21-17(16-5-3-2-4-15(13)16)10-18(22)14-6-8-19-9-7-14/h2-5,11-12,14,17-19,22H,6-10H2,1H3,(H,20,21)/b13-11+. The van der Waals surface area contributed by atoms with Gasteiger partial charge in [0.15, 0.2) is 0 Å². The highest BCUT2D eigenvalue weighted by molar-refractivity contribution is 5.71. The Kier molecular flexibility index (Phi) is 4.90. The van der Waals surface area contributed by atoms with Gasteiger partial charge in [-0.2, -0.15) is 0 Å². The van der Waals surface area contributed by atoms with Crippen LogP contribution in [-0.4, -0.2) is 30.6 Å². The van der Waals surface area contributed by atoms with Crippen molar-refractivity contribution in [3.63, 3.8) is 0 Å². The van der Waals surface area contributed by atoms with Gasteiger partial charge in [0.25, 0.3) is 0 Å². The van der Waals surface area contributed by atoms with Gasteiger partial charge < -0.3 is 15.7 Å². The number of nitrogens with one attached hydrogen (secondary N) is 2. The number of benzene rings is 1. The maximum absolute atomic E-state index is 10.7. The van der Waals surface area contributed by atoms with Crippen LogP contribution in [0.1, 0.15) is 43.4 Å². The van der Waals surface area contributed by atoms with Crippen molar-refractivity contribution in [1.29, 1.82) is 0 Å². The minimum Gasteiger partial charge on any atom is -0.393 e. The maximum atomic E-state index is 10.7. The first-order valence-corrected chi connectivity index (χ1v) is 8.18. The molecule has 118 valence electrons. The van der Waals surface area contributed by atoms with Crippen molar-refractivity contribution >= 4 is 11.9 Å². The molecular formula is C18H25N3O. The van der Waals surface area contributed by atoms with Crippen molar-refractivity contribution in [3.05, 3.63) is 41.6 Å².